The average molecular weight is 1170 g/mol. The first kappa shape index (κ1) is 79.4. The van der Waals surface area contributed by atoms with Gasteiger partial charge >= 0.3 is 7.82 Å². The zero-order valence-electron chi connectivity index (χ0n) is 54.5. The highest BCUT2D eigenvalue weighted by atomic mass is 31.2. The van der Waals surface area contributed by atoms with Crippen LogP contribution in [0.2, 0.25) is 0 Å². The largest absolute Gasteiger partial charge is 0.472 e. The third-order valence-corrected chi connectivity index (χ3v) is 16.3. The van der Waals surface area contributed by atoms with Gasteiger partial charge in [-0.3, -0.25) is 13.8 Å². The molecule has 3 N–H and O–H groups in total. The fraction of sp³-hybridized carbons (Fsp3) is 0.767. The van der Waals surface area contributed by atoms with E-state index in [2.05, 4.69) is 104 Å². The molecular weight excluding hydrogens is 1030 g/mol. The van der Waals surface area contributed by atoms with E-state index in [4.69, 9.17) is 9.05 Å². The first-order chi connectivity index (χ1) is 40.0. The molecule has 0 aromatic rings. The summed E-state index contributed by atoms with van der Waals surface area (Å²) in [6, 6.07) is -0.862. The van der Waals surface area contributed by atoms with Gasteiger partial charge in [0.15, 0.2) is 0 Å². The molecule has 3 atom stereocenters. The Morgan fingerprint density at radius 2 is 0.732 bits per heavy atom. The molecule has 9 heteroatoms. The molecule has 0 bridgehead atoms. The van der Waals surface area contributed by atoms with E-state index in [1.54, 1.807) is 6.08 Å². The number of hydrogen-bond donors (Lipinski definition) is 3. The van der Waals surface area contributed by atoms with Gasteiger partial charge in [0.25, 0.3) is 0 Å². The highest BCUT2D eigenvalue weighted by molar-refractivity contribution is 7.47. The lowest BCUT2D eigenvalue weighted by Crippen LogP contribution is -2.45. The standard InChI is InChI=1S/C73H133N2O6P/c1-6-8-10-12-14-16-18-20-22-24-26-28-30-32-34-36-37-39-40-42-44-46-48-50-52-54-56-58-60-62-64-66-72(76)71(70-81-82(78,79)80-69-68-75(3,4)5)74-73(77)67-65-63-61-59-57-55-53-51-49-47-45-43-41-38-35-33-31-29-27-25-23-21-19-17-15-13-11-9-7-2/h9,11,15,17,21,23,27,29,33,35,41,43,47,49,64,66,71-72,76H,6-8,10,12-14,16,18-20,22,24-26,28,30-32,34,36-40,42,44-46,48,50-63,65,67-70H2,1-5H3,(H-,74,77,78,79)/p+1/b11-9-,17-15-,23-21-,29-27-,35-33-,43-41-,49-47-,66-64+. The minimum Gasteiger partial charge on any atom is -0.387 e. The second-order valence-electron chi connectivity index (χ2n) is 24.5. The van der Waals surface area contributed by atoms with Crippen LogP contribution in [-0.4, -0.2) is 73.4 Å². The van der Waals surface area contributed by atoms with Gasteiger partial charge < -0.3 is 19.8 Å². The number of amides is 1. The normalized spacial score (nSPS) is 14.3. The second-order valence-corrected chi connectivity index (χ2v) is 26.0. The van der Waals surface area contributed by atoms with Crippen molar-refractivity contribution in [1.82, 2.24) is 5.32 Å². The molecule has 0 saturated heterocycles. The van der Waals surface area contributed by atoms with Crippen LogP contribution in [0.25, 0.3) is 0 Å². The molecule has 0 aliphatic rings. The molecule has 0 aromatic carbocycles. The van der Waals surface area contributed by atoms with Crippen molar-refractivity contribution in [2.45, 2.75) is 321 Å². The molecule has 0 heterocycles. The van der Waals surface area contributed by atoms with Crippen molar-refractivity contribution in [3.63, 3.8) is 0 Å². The Hall–Kier alpha value is -2.58. The van der Waals surface area contributed by atoms with Crippen LogP contribution in [0.15, 0.2) is 97.2 Å². The number of quaternary nitrogens is 1. The SMILES string of the molecule is CC/C=C\C/C=C\C/C=C\C/C=C\C/C=C\C/C=C\C/C=C\CCCCCCCCCC(=O)NC(COP(=O)(O)OCC[N+](C)(C)C)C(O)/C=C/CCCCCCCCCCCCCCCCCCCCCCCCCCCCCCC. The molecule has 0 radical (unpaired) electrons. The molecule has 0 aliphatic carbocycles. The summed E-state index contributed by atoms with van der Waals surface area (Å²) in [7, 11) is 1.56. The Kier molecular flexibility index (Phi) is 61.0. The van der Waals surface area contributed by atoms with Gasteiger partial charge in [-0.25, -0.2) is 4.57 Å². The quantitative estimate of drug-likeness (QED) is 0.0243. The van der Waals surface area contributed by atoms with Crippen LogP contribution < -0.4 is 5.32 Å². The van der Waals surface area contributed by atoms with Crippen molar-refractivity contribution in [2.24, 2.45) is 0 Å². The minimum absolute atomic E-state index is 0.0548. The van der Waals surface area contributed by atoms with Crippen LogP contribution in [0.3, 0.4) is 0 Å². The molecule has 3 unspecified atom stereocenters. The van der Waals surface area contributed by atoms with E-state index in [1.807, 2.05) is 27.2 Å². The summed E-state index contributed by atoms with van der Waals surface area (Å²) < 4.78 is 23.8. The van der Waals surface area contributed by atoms with Crippen molar-refractivity contribution < 1.29 is 32.9 Å². The van der Waals surface area contributed by atoms with Crippen molar-refractivity contribution in [2.75, 3.05) is 40.9 Å². The summed E-state index contributed by atoms with van der Waals surface area (Å²) >= 11 is 0. The molecule has 0 spiro atoms. The lowest BCUT2D eigenvalue weighted by Gasteiger charge is -2.25. The van der Waals surface area contributed by atoms with Gasteiger partial charge in [0.1, 0.15) is 13.2 Å². The Labute approximate surface area is 509 Å². The maximum absolute atomic E-state index is 13.0. The first-order valence-corrected chi connectivity index (χ1v) is 36.1. The van der Waals surface area contributed by atoms with Gasteiger partial charge in [0.05, 0.1) is 39.9 Å². The van der Waals surface area contributed by atoms with Crippen molar-refractivity contribution in [3.8, 4) is 0 Å². The Morgan fingerprint density at radius 1 is 0.427 bits per heavy atom. The smallest absolute Gasteiger partial charge is 0.387 e. The summed E-state index contributed by atoms with van der Waals surface area (Å²) in [6.07, 6.45) is 91.2. The third kappa shape index (κ3) is 65.0. The maximum atomic E-state index is 13.0. The number of unbranched alkanes of at least 4 members (excludes halogenated alkanes) is 36. The van der Waals surface area contributed by atoms with Gasteiger partial charge in [0, 0.05) is 6.42 Å². The number of hydrogen-bond acceptors (Lipinski definition) is 5. The number of allylic oxidation sites excluding steroid dienone is 15. The molecule has 1 amide bonds. The van der Waals surface area contributed by atoms with Crippen molar-refractivity contribution in [3.05, 3.63) is 97.2 Å². The van der Waals surface area contributed by atoms with Crippen molar-refractivity contribution in [1.29, 1.82) is 0 Å². The molecular formula is C73H134N2O6P+. The fourth-order valence-electron chi connectivity index (χ4n) is 9.97. The van der Waals surface area contributed by atoms with Crippen LogP contribution in [0, 0.1) is 0 Å². The number of rotatable bonds is 63. The van der Waals surface area contributed by atoms with E-state index in [0.29, 0.717) is 17.4 Å². The zero-order valence-corrected chi connectivity index (χ0v) is 55.4. The maximum Gasteiger partial charge on any atom is 0.472 e. The molecule has 0 saturated carbocycles. The van der Waals surface area contributed by atoms with Crippen molar-refractivity contribution >= 4 is 13.7 Å². The first-order valence-electron chi connectivity index (χ1n) is 34.6. The number of likely N-dealkylation sites (N-methyl/N-ethyl adjacent to an activating group) is 1. The summed E-state index contributed by atoms with van der Waals surface area (Å²) in [5.74, 6) is -0.188. The number of aliphatic hydroxyl groups is 1. The molecule has 8 nitrogen and oxygen atoms in total. The molecule has 476 valence electrons. The van der Waals surface area contributed by atoms with Crippen LogP contribution in [0.5, 0.6) is 0 Å². The van der Waals surface area contributed by atoms with E-state index in [1.165, 1.54) is 193 Å². The van der Waals surface area contributed by atoms with E-state index in [-0.39, 0.29) is 19.1 Å². The van der Waals surface area contributed by atoms with Crippen LogP contribution in [0.1, 0.15) is 309 Å². The number of carbonyl (C=O) groups excluding carboxylic acids is 1. The minimum atomic E-state index is -4.36. The molecule has 0 fully saturated rings. The highest BCUT2D eigenvalue weighted by Crippen LogP contribution is 2.43. The van der Waals surface area contributed by atoms with E-state index in [0.717, 1.165) is 96.3 Å². The number of carbonyl (C=O) groups is 1. The molecule has 0 aliphatic heterocycles. The highest BCUT2D eigenvalue weighted by Gasteiger charge is 2.28. The predicted octanol–water partition coefficient (Wildman–Crippen LogP) is 22.1. The van der Waals surface area contributed by atoms with Crippen LogP contribution in [-0.2, 0) is 18.4 Å². The number of aliphatic hydroxyl groups excluding tert-OH is 1. The Balaban J connectivity index is 4.14. The number of phosphoric acid groups is 1. The lowest BCUT2D eigenvalue weighted by atomic mass is 10.0. The summed E-state index contributed by atoms with van der Waals surface area (Å²) in [6.45, 7) is 4.72. The van der Waals surface area contributed by atoms with Gasteiger partial charge in [0.2, 0.25) is 5.91 Å². The van der Waals surface area contributed by atoms with E-state index in [9.17, 15) is 19.4 Å². The Morgan fingerprint density at radius 3 is 1.07 bits per heavy atom. The summed E-state index contributed by atoms with van der Waals surface area (Å²) in [5, 5.41) is 14.0. The monoisotopic (exact) mass is 1170 g/mol. The molecule has 82 heavy (non-hydrogen) atoms. The summed E-state index contributed by atoms with van der Waals surface area (Å²) in [5.41, 5.74) is 0. The third-order valence-electron chi connectivity index (χ3n) is 15.3. The average Bonchev–Trinajstić information content (AvgIpc) is 3.47. The van der Waals surface area contributed by atoms with Crippen LogP contribution in [0.4, 0.5) is 0 Å². The second kappa shape index (κ2) is 62.9. The number of nitrogens with one attached hydrogen (secondary N) is 1. The lowest BCUT2D eigenvalue weighted by molar-refractivity contribution is -0.870. The van der Waals surface area contributed by atoms with E-state index >= 15 is 0 Å². The molecule has 0 aromatic heterocycles. The van der Waals surface area contributed by atoms with Gasteiger partial charge in [-0.1, -0.05) is 323 Å². The zero-order chi connectivity index (χ0) is 59.8. The fourth-order valence-corrected chi connectivity index (χ4v) is 10.7. The van der Waals surface area contributed by atoms with Gasteiger partial charge in [-0.05, 0) is 77.0 Å². The predicted molar refractivity (Wildman–Crippen MR) is 359 cm³/mol. The summed E-state index contributed by atoms with van der Waals surface area (Å²) in [4.78, 5) is 23.4. The topological polar surface area (TPSA) is 105 Å². The number of phosphoric ester groups is 1. The van der Waals surface area contributed by atoms with Gasteiger partial charge in [-0.2, -0.15) is 0 Å². The number of nitrogens with zero attached hydrogens (tertiary/aromatic N) is 1. The van der Waals surface area contributed by atoms with Gasteiger partial charge in [-0.15, -0.1) is 0 Å². The van der Waals surface area contributed by atoms with E-state index < -0.39 is 20.0 Å². The van der Waals surface area contributed by atoms with Crippen LogP contribution >= 0.6 is 7.82 Å². The molecule has 0 rings (SSSR count). The Bertz CT molecular complexity index is 1660.